The predicted octanol–water partition coefficient (Wildman–Crippen LogP) is 2.74. The number of halogens is 2. The number of alkyl halides is 1. The first-order chi connectivity index (χ1) is 7.11. The standard InChI is InChI=1S/C10H9Br2NO2/c11-6-9(14)5-10(15)13-8-3-1-7(12)2-4-8/h1-4H,5-6H2,(H,13,15). The summed E-state index contributed by atoms with van der Waals surface area (Å²) in [5.41, 5.74) is 0.686. The van der Waals surface area contributed by atoms with Crippen molar-refractivity contribution in [3.63, 3.8) is 0 Å². The molecule has 0 spiro atoms. The summed E-state index contributed by atoms with van der Waals surface area (Å²) < 4.78 is 0.942. The first-order valence-corrected chi connectivity index (χ1v) is 6.16. The van der Waals surface area contributed by atoms with Crippen molar-refractivity contribution in [3.05, 3.63) is 28.7 Å². The molecule has 1 rings (SSSR count). The Balaban J connectivity index is 2.51. The van der Waals surface area contributed by atoms with Crippen molar-refractivity contribution in [2.75, 3.05) is 10.6 Å². The molecule has 0 atom stereocenters. The van der Waals surface area contributed by atoms with Crippen LogP contribution < -0.4 is 5.32 Å². The summed E-state index contributed by atoms with van der Waals surface area (Å²) in [4.78, 5) is 22.3. The zero-order valence-electron chi connectivity index (χ0n) is 7.80. The molecule has 1 N–H and O–H groups in total. The van der Waals surface area contributed by atoms with Crippen LogP contribution in [-0.4, -0.2) is 17.0 Å². The molecule has 0 aromatic heterocycles. The van der Waals surface area contributed by atoms with Gasteiger partial charge in [-0.1, -0.05) is 31.9 Å². The van der Waals surface area contributed by atoms with Crippen LogP contribution in [0.3, 0.4) is 0 Å². The minimum atomic E-state index is -0.290. The van der Waals surface area contributed by atoms with Crippen molar-refractivity contribution < 1.29 is 9.59 Å². The fraction of sp³-hybridized carbons (Fsp3) is 0.200. The van der Waals surface area contributed by atoms with E-state index in [0.717, 1.165) is 4.47 Å². The molecule has 5 heteroatoms. The third-order valence-corrected chi connectivity index (χ3v) is 2.79. The molecule has 1 aromatic carbocycles. The number of hydrogen-bond acceptors (Lipinski definition) is 2. The Kier molecular flexibility index (Phi) is 4.98. The van der Waals surface area contributed by atoms with Crippen LogP contribution in [-0.2, 0) is 9.59 Å². The Bertz CT molecular complexity index is 362. The van der Waals surface area contributed by atoms with E-state index in [9.17, 15) is 9.59 Å². The van der Waals surface area contributed by atoms with Crippen LogP contribution in [0.2, 0.25) is 0 Å². The molecule has 0 bridgehead atoms. The number of anilines is 1. The van der Waals surface area contributed by atoms with E-state index in [4.69, 9.17) is 0 Å². The Morgan fingerprint density at radius 3 is 2.33 bits per heavy atom. The minimum Gasteiger partial charge on any atom is -0.326 e. The summed E-state index contributed by atoms with van der Waals surface area (Å²) in [7, 11) is 0. The van der Waals surface area contributed by atoms with E-state index in [2.05, 4.69) is 37.2 Å². The smallest absolute Gasteiger partial charge is 0.231 e. The molecule has 0 aliphatic heterocycles. The molecule has 0 aliphatic carbocycles. The van der Waals surface area contributed by atoms with Crippen LogP contribution in [0.4, 0.5) is 5.69 Å². The van der Waals surface area contributed by atoms with Gasteiger partial charge in [0.05, 0.1) is 11.8 Å². The van der Waals surface area contributed by atoms with Gasteiger partial charge in [0.2, 0.25) is 5.91 Å². The van der Waals surface area contributed by atoms with Gasteiger partial charge in [-0.25, -0.2) is 0 Å². The lowest BCUT2D eigenvalue weighted by Gasteiger charge is -2.03. The first-order valence-electron chi connectivity index (χ1n) is 4.25. The maximum atomic E-state index is 11.3. The summed E-state index contributed by atoms with van der Waals surface area (Å²) in [6, 6.07) is 7.17. The molecule has 0 heterocycles. The van der Waals surface area contributed by atoms with Crippen LogP contribution in [0.15, 0.2) is 28.7 Å². The predicted molar refractivity (Wildman–Crippen MR) is 66.2 cm³/mol. The van der Waals surface area contributed by atoms with Gasteiger partial charge in [-0.2, -0.15) is 0 Å². The molecule has 0 saturated carbocycles. The molecule has 0 radical (unpaired) electrons. The lowest BCUT2D eigenvalue weighted by Crippen LogP contribution is -2.16. The highest BCUT2D eigenvalue weighted by Crippen LogP contribution is 2.14. The number of hydrogen-bond donors (Lipinski definition) is 1. The second kappa shape index (κ2) is 6.02. The van der Waals surface area contributed by atoms with Gasteiger partial charge >= 0.3 is 0 Å². The molecule has 1 amide bonds. The van der Waals surface area contributed by atoms with Gasteiger partial charge in [0.1, 0.15) is 0 Å². The average Bonchev–Trinajstić information content (AvgIpc) is 2.21. The summed E-state index contributed by atoms with van der Waals surface area (Å²) >= 11 is 6.29. The van der Waals surface area contributed by atoms with Crippen LogP contribution in [0.5, 0.6) is 0 Å². The van der Waals surface area contributed by atoms with E-state index in [-0.39, 0.29) is 23.4 Å². The van der Waals surface area contributed by atoms with E-state index in [0.29, 0.717) is 5.69 Å². The third kappa shape index (κ3) is 4.57. The highest BCUT2D eigenvalue weighted by atomic mass is 79.9. The SMILES string of the molecule is O=C(CBr)CC(=O)Nc1ccc(Br)cc1. The molecule has 80 valence electrons. The molecular weight excluding hydrogens is 326 g/mol. The quantitative estimate of drug-likeness (QED) is 0.679. The number of ketones is 1. The van der Waals surface area contributed by atoms with Crippen molar-refractivity contribution in [1.29, 1.82) is 0 Å². The number of nitrogens with one attached hydrogen (secondary N) is 1. The molecule has 0 aliphatic rings. The van der Waals surface area contributed by atoms with Crippen molar-refractivity contribution in [3.8, 4) is 0 Å². The van der Waals surface area contributed by atoms with Crippen LogP contribution in [0.1, 0.15) is 6.42 Å². The number of amides is 1. The van der Waals surface area contributed by atoms with E-state index in [1.54, 1.807) is 12.1 Å². The van der Waals surface area contributed by atoms with Gasteiger partial charge in [0.25, 0.3) is 0 Å². The number of Topliss-reactive ketones (excluding diaryl/α,β-unsaturated/α-hetero) is 1. The average molecular weight is 335 g/mol. The highest BCUT2D eigenvalue weighted by molar-refractivity contribution is 9.10. The first kappa shape index (κ1) is 12.4. The monoisotopic (exact) mass is 333 g/mol. The Morgan fingerprint density at radius 2 is 1.80 bits per heavy atom. The van der Waals surface area contributed by atoms with Crippen molar-refractivity contribution in [1.82, 2.24) is 0 Å². The highest BCUT2D eigenvalue weighted by Gasteiger charge is 2.07. The molecule has 1 aromatic rings. The van der Waals surface area contributed by atoms with E-state index < -0.39 is 0 Å². The number of carbonyl (C=O) groups excluding carboxylic acids is 2. The summed E-state index contributed by atoms with van der Waals surface area (Å²) in [6.07, 6.45) is -0.0959. The second-order valence-electron chi connectivity index (χ2n) is 2.90. The van der Waals surface area contributed by atoms with Crippen molar-refractivity contribution in [2.24, 2.45) is 0 Å². The molecule has 0 unspecified atom stereocenters. The van der Waals surface area contributed by atoms with Crippen molar-refractivity contribution in [2.45, 2.75) is 6.42 Å². The maximum Gasteiger partial charge on any atom is 0.231 e. The number of carbonyl (C=O) groups is 2. The molecule has 15 heavy (non-hydrogen) atoms. The van der Waals surface area contributed by atoms with E-state index >= 15 is 0 Å². The van der Waals surface area contributed by atoms with Gasteiger partial charge in [0, 0.05) is 10.2 Å². The summed E-state index contributed by atoms with van der Waals surface area (Å²) in [6.45, 7) is 0. The Hall–Kier alpha value is -0.680. The number of rotatable bonds is 4. The van der Waals surface area contributed by atoms with E-state index in [1.165, 1.54) is 0 Å². The molecule has 3 nitrogen and oxygen atoms in total. The second-order valence-corrected chi connectivity index (χ2v) is 4.38. The maximum absolute atomic E-state index is 11.3. The van der Waals surface area contributed by atoms with Gasteiger partial charge in [-0.05, 0) is 24.3 Å². The van der Waals surface area contributed by atoms with Crippen LogP contribution in [0.25, 0.3) is 0 Å². The Morgan fingerprint density at radius 1 is 1.20 bits per heavy atom. The fourth-order valence-corrected chi connectivity index (χ4v) is 1.43. The molecule has 0 saturated heterocycles. The molecular formula is C10H9Br2NO2. The number of benzene rings is 1. The van der Waals surface area contributed by atoms with E-state index in [1.807, 2.05) is 12.1 Å². The normalized spacial score (nSPS) is 9.73. The molecule has 0 fully saturated rings. The largest absolute Gasteiger partial charge is 0.326 e. The van der Waals surface area contributed by atoms with Gasteiger partial charge in [-0.3, -0.25) is 9.59 Å². The van der Waals surface area contributed by atoms with Crippen LogP contribution in [0, 0.1) is 0 Å². The lowest BCUT2D eigenvalue weighted by atomic mass is 10.2. The Labute approximate surface area is 104 Å². The lowest BCUT2D eigenvalue weighted by molar-refractivity contribution is -0.123. The minimum absolute atomic E-state index is 0.0959. The topological polar surface area (TPSA) is 46.2 Å². The van der Waals surface area contributed by atoms with Gasteiger partial charge in [-0.15, -0.1) is 0 Å². The summed E-state index contributed by atoms with van der Waals surface area (Å²) in [5, 5.41) is 2.84. The van der Waals surface area contributed by atoms with Crippen LogP contribution >= 0.6 is 31.9 Å². The van der Waals surface area contributed by atoms with Gasteiger partial charge in [0.15, 0.2) is 5.78 Å². The fourth-order valence-electron chi connectivity index (χ4n) is 0.965. The zero-order valence-corrected chi connectivity index (χ0v) is 11.0. The summed E-state index contributed by atoms with van der Waals surface area (Å²) in [5.74, 6) is -0.425. The van der Waals surface area contributed by atoms with Gasteiger partial charge < -0.3 is 5.32 Å². The third-order valence-electron chi connectivity index (χ3n) is 1.63. The van der Waals surface area contributed by atoms with Crippen molar-refractivity contribution >= 4 is 49.2 Å². The zero-order chi connectivity index (χ0) is 11.3.